The van der Waals surface area contributed by atoms with Crippen molar-refractivity contribution in [2.45, 2.75) is 12.5 Å². The monoisotopic (exact) mass is 399 g/mol. The van der Waals surface area contributed by atoms with Gasteiger partial charge in [0.1, 0.15) is 0 Å². The molecule has 0 fully saturated rings. The van der Waals surface area contributed by atoms with Gasteiger partial charge in [0, 0.05) is 28.6 Å². The number of ether oxygens (including phenoxy) is 1. The minimum absolute atomic E-state index is 0.115. The van der Waals surface area contributed by atoms with Gasteiger partial charge < -0.3 is 15.0 Å². The predicted molar refractivity (Wildman–Crippen MR) is 102 cm³/mol. The van der Waals surface area contributed by atoms with Crippen LogP contribution >= 0.6 is 34.5 Å². The molecule has 0 bridgehead atoms. The maximum Gasteiger partial charge on any atom is 0.278 e. The van der Waals surface area contributed by atoms with Gasteiger partial charge in [-0.3, -0.25) is 4.79 Å². The Bertz CT molecular complexity index is 750. The number of thiophene rings is 1. The fourth-order valence-corrected chi connectivity index (χ4v) is 4.60. The molecule has 7 heteroatoms. The molecule has 1 aliphatic rings. The standard InChI is InChI=1S/C18H20Cl2N2O2S/c1-24-8-6-21-11-17(23)22-7-4-16-14(5-9-25-16)18(22)13-3-2-12(19)10-15(13)20/h2-3,5,9-10,18,21H,4,6-8,11H2,1H3/p+1/t18-/m0/s1. The minimum Gasteiger partial charge on any atom is -0.379 e. The van der Waals surface area contributed by atoms with Crippen LogP contribution in [0.4, 0.5) is 0 Å². The number of rotatable bonds is 6. The Kier molecular flexibility index (Phi) is 6.36. The average Bonchev–Trinajstić information content (AvgIpc) is 3.07. The summed E-state index contributed by atoms with van der Waals surface area (Å²) in [7, 11) is 1.66. The summed E-state index contributed by atoms with van der Waals surface area (Å²) < 4.78 is 5.04. The van der Waals surface area contributed by atoms with E-state index in [1.807, 2.05) is 22.3 Å². The molecular formula is C18H21Cl2N2O2S+. The lowest BCUT2D eigenvalue weighted by molar-refractivity contribution is -0.646. The van der Waals surface area contributed by atoms with Gasteiger partial charge in [-0.15, -0.1) is 11.3 Å². The molecule has 2 N–H and O–H groups in total. The highest BCUT2D eigenvalue weighted by molar-refractivity contribution is 7.10. The number of halogens is 2. The van der Waals surface area contributed by atoms with Crippen molar-refractivity contribution in [1.82, 2.24) is 4.90 Å². The van der Waals surface area contributed by atoms with Gasteiger partial charge in [-0.1, -0.05) is 29.3 Å². The first-order valence-corrected chi connectivity index (χ1v) is 9.86. The van der Waals surface area contributed by atoms with Crippen LogP contribution < -0.4 is 5.32 Å². The fraction of sp³-hybridized carbons (Fsp3) is 0.389. The van der Waals surface area contributed by atoms with E-state index < -0.39 is 0 Å². The molecule has 0 unspecified atom stereocenters. The zero-order chi connectivity index (χ0) is 17.8. The number of carbonyl (C=O) groups is 1. The van der Waals surface area contributed by atoms with Gasteiger partial charge in [-0.05, 0) is 41.1 Å². The summed E-state index contributed by atoms with van der Waals surface area (Å²) in [6, 6.07) is 7.45. The topological polar surface area (TPSA) is 46.1 Å². The van der Waals surface area contributed by atoms with E-state index in [4.69, 9.17) is 27.9 Å². The fourth-order valence-electron chi connectivity index (χ4n) is 3.19. The largest absolute Gasteiger partial charge is 0.379 e. The maximum atomic E-state index is 12.8. The van der Waals surface area contributed by atoms with Gasteiger partial charge in [0.2, 0.25) is 0 Å². The van der Waals surface area contributed by atoms with Crippen molar-refractivity contribution in [2.24, 2.45) is 0 Å². The first-order chi connectivity index (χ1) is 12.1. The summed E-state index contributed by atoms with van der Waals surface area (Å²) in [6.45, 7) is 2.51. The van der Waals surface area contributed by atoms with Crippen LogP contribution in [0.25, 0.3) is 0 Å². The quantitative estimate of drug-likeness (QED) is 0.758. The lowest BCUT2D eigenvalue weighted by Gasteiger charge is -2.36. The Balaban J connectivity index is 1.88. The summed E-state index contributed by atoms with van der Waals surface area (Å²) in [6.07, 6.45) is 0.887. The summed E-state index contributed by atoms with van der Waals surface area (Å²) in [5.41, 5.74) is 2.10. The molecule has 0 saturated carbocycles. The van der Waals surface area contributed by atoms with Crippen LogP contribution in [0.5, 0.6) is 0 Å². The van der Waals surface area contributed by atoms with Crippen molar-refractivity contribution in [3.63, 3.8) is 0 Å². The first-order valence-electron chi connectivity index (χ1n) is 8.23. The van der Waals surface area contributed by atoms with Gasteiger partial charge in [0.15, 0.2) is 6.54 Å². The van der Waals surface area contributed by atoms with E-state index in [9.17, 15) is 4.79 Å². The molecule has 3 rings (SSSR count). The third-order valence-electron chi connectivity index (χ3n) is 4.39. The van der Waals surface area contributed by atoms with E-state index in [0.717, 1.165) is 18.5 Å². The smallest absolute Gasteiger partial charge is 0.278 e. The van der Waals surface area contributed by atoms with E-state index in [1.54, 1.807) is 24.5 Å². The maximum absolute atomic E-state index is 12.8. The summed E-state index contributed by atoms with van der Waals surface area (Å²) in [5.74, 6) is 0.115. The molecule has 1 amide bonds. The van der Waals surface area contributed by atoms with Crippen molar-refractivity contribution < 1.29 is 14.8 Å². The van der Waals surface area contributed by atoms with Gasteiger partial charge in [0.05, 0.1) is 19.2 Å². The lowest BCUT2D eigenvalue weighted by Crippen LogP contribution is -2.87. The molecular weight excluding hydrogens is 379 g/mol. The van der Waals surface area contributed by atoms with Crippen molar-refractivity contribution in [2.75, 3.05) is 33.4 Å². The molecule has 0 radical (unpaired) electrons. The number of methoxy groups -OCH3 is 1. The number of hydrogen-bond acceptors (Lipinski definition) is 3. The van der Waals surface area contributed by atoms with Crippen molar-refractivity contribution in [3.05, 3.63) is 55.7 Å². The number of fused-ring (bicyclic) bond motifs is 1. The van der Waals surface area contributed by atoms with Gasteiger partial charge in [0.25, 0.3) is 5.91 Å². The molecule has 25 heavy (non-hydrogen) atoms. The van der Waals surface area contributed by atoms with Crippen LogP contribution in [0.3, 0.4) is 0 Å². The molecule has 4 nitrogen and oxygen atoms in total. The highest BCUT2D eigenvalue weighted by atomic mass is 35.5. The molecule has 134 valence electrons. The molecule has 0 saturated heterocycles. The highest BCUT2D eigenvalue weighted by Gasteiger charge is 2.34. The zero-order valence-corrected chi connectivity index (χ0v) is 16.3. The lowest BCUT2D eigenvalue weighted by atomic mass is 9.93. The number of quaternary nitrogens is 1. The Morgan fingerprint density at radius 1 is 1.36 bits per heavy atom. The molecule has 1 atom stereocenters. The Hall–Kier alpha value is -1.11. The van der Waals surface area contributed by atoms with Gasteiger partial charge in [-0.25, -0.2) is 0 Å². The minimum atomic E-state index is -0.150. The van der Waals surface area contributed by atoms with E-state index >= 15 is 0 Å². The van der Waals surface area contributed by atoms with E-state index in [2.05, 4.69) is 11.4 Å². The zero-order valence-electron chi connectivity index (χ0n) is 14.0. The second-order valence-corrected chi connectivity index (χ2v) is 7.82. The van der Waals surface area contributed by atoms with Crippen molar-refractivity contribution in [1.29, 1.82) is 0 Å². The van der Waals surface area contributed by atoms with E-state index in [-0.39, 0.29) is 11.9 Å². The number of hydrogen-bond donors (Lipinski definition) is 1. The molecule has 2 heterocycles. The van der Waals surface area contributed by atoms with Crippen LogP contribution in [-0.4, -0.2) is 44.2 Å². The van der Waals surface area contributed by atoms with Crippen molar-refractivity contribution >= 4 is 40.4 Å². The summed E-state index contributed by atoms with van der Waals surface area (Å²) in [4.78, 5) is 16.1. The number of amides is 1. The molecule has 2 aromatic rings. The molecule has 1 aromatic carbocycles. The van der Waals surface area contributed by atoms with Crippen LogP contribution in [0.1, 0.15) is 22.0 Å². The SMILES string of the molecule is COCC[NH2+]CC(=O)N1CCc2sccc2[C@@H]1c1ccc(Cl)cc1Cl. The van der Waals surface area contributed by atoms with Crippen LogP contribution in [0, 0.1) is 0 Å². The molecule has 0 aliphatic carbocycles. The van der Waals surface area contributed by atoms with Crippen LogP contribution in [0.2, 0.25) is 10.0 Å². The highest BCUT2D eigenvalue weighted by Crippen LogP contribution is 2.40. The van der Waals surface area contributed by atoms with Crippen LogP contribution in [0.15, 0.2) is 29.6 Å². The van der Waals surface area contributed by atoms with E-state index in [0.29, 0.717) is 29.7 Å². The molecule has 1 aromatic heterocycles. The van der Waals surface area contributed by atoms with Gasteiger partial charge >= 0.3 is 0 Å². The predicted octanol–water partition coefficient (Wildman–Crippen LogP) is 2.74. The summed E-state index contributed by atoms with van der Waals surface area (Å²) in [5, 5.41) is 5.26. The van der Waals surface area contributed by atoms with Crippen molar-refractivity contribution in [3.8, 4) is 0 Å². The number of nitrogens with zero attached hydrogens (tertiary/aromatic N) is 1. The van der Waals surface area contributed by atoms with Gasteiger partial charge in [-0.2, -0.15) is 0 Å². The third-order valence-corrected chi connectivity index (χ3v) is 5.95. The second-order valence-electron chi connectivity index (χ2n) is 5.98. The first kappa shape index (κ1) is 18.7. The number of benzene rings is 1. The second kappa shape index (κ2) is 8.52. The summed E-state index contributed by atoms with van der Waals surface area (Å²) >= 11 is 14.3. The Morgan fingerprint density at radius 2 is 2.20 bits per heavy atom. The third kappa shape index (κ3) is 4.18. The number of carbonyl (C=O) groups excluding carboxylic acids is 1. The van der Waals surface area contributed by atoms with Crippen LogP contribution in [-0.2, 0) is 16.0 Å². The van der Waals surface area contributed by atoms with E-state index in [1.165, 1.54) is 10.4 Å². The molecule has 1 aliphatic heterocycles. The normalized spacial score (nSPS) is 16.8. The average molecular weight is 400 g/mol. The Labute approximate surface area is 161 Å². The molecule has 0 spiro atoms. The number of nitrogens with two attached hydrogens (primary N) is 1. The Morgan fingerprint density at radius 3 is 2.96 bits per heavy atom.